The molecule has 0 spiro atoms. The number of aliphatic carboxylic acids is 1. The van der Waals surface area contributed by atoms with E-state index < -0.39 is 11.6 Å². The molecule has 1 aliphatic heterocycles. The zero-order valence-corrected chi connectivity index (χ0v) is 26.8. The topological polar surface area (TPSA) is 123 Å². The molecule has 2 N–H and O–H groups in total. The summed E-state index contributed by atoms with van der Waals surface area (Å²) in [7, 11) is 3.51. The van der Waals surface area contributed by atoms with Crippen molar-refractivity contribution in [2.45, 2.75) is 39.7 Å². The average molecular weight is 625 g/mol. The van der Waals surface area contributed by atoms with E-state index in [1.54, 1.807) is 58.1 Å². The quantitative estimate of drug-likeness (QED) is 0.295. The first kappa shape index (κ1) is 32.1. The second-order valence-electron chi connectivity index (χ2n) is 11.6. The molecule has 0 saturated carbocycles. The van der Waals surface area contributed by atoms with Crippen LogP contribution in [-0.2, 0) is 11.2 Å². The Morgan fingerprint density at radius 2 is 1.67 bits per heavy atom. The molecule has 4 aromatic rings. The van der Waals surface area contributed by atoms with E-state index in [9.17, 15) is 14.7 Å². The first-order valence-electron chi connectivity index (χ1n) is 13.9. The van der Waals surface area contributed by atoms with Crippen LogP contribution in [0.4, 0.5) is 10.7 Å². The predicted octanol–water partition coefficient (Wildman–Crippen LogP) is 5.59. The van der Waals surface area contributed by atoms with Gasteiger partial charge in [0.15, 0.2) is 0 Å². The molecule has 5 rings (SSSR count). The fourth-order valence-electron chi connectivity index (χ4n) is 4.65. The van der Waals surface area contributed by atoms with Gasteiger partial charge >= 0.3 is 12.0 Å². The second kappa shape index (κ2) is 13.2. The number of anilines is 1. The number of nitrogens with zero attached hydrogens (tertiary/aromatic N) is 6. The van der Waals surface area contributed by atoms with Crippen LogP contribution in [0, 0.1) is 6.92 Å². The molecule has 228 valence electrons. The molecule has 2 aromatic carbocycles. The summed E-state index contributed by atoms with van der Waals surface area (Å²) in [4.78, 5) is 43.7. The average Bonchev–Trinajstić information content (AvgIpc) is 3.36. The molecule has 0 atom stereocenters. The van der Waals surface area contributed by atoms with Crippen LogP contribution >= 0.6 is 22.9 Å². The van der Waals surface area contributed by atoms with Crippen molar-refractivity contribution in [2.24, 2.45) is 0 Å². The number of hydrogen-bond acceptors (Lipinski definition) is 8. The third kappa shape index (κ3) is 8.19. The molecule has 43 heavy (non-hydrogen) atoms. The lowest BCUT2D eigenvalue weighted by Gasteiger charge is -2.35. The van der Waals surface area contributed by atoms with E-state index in [2.05, 4.69) is 9.88 Å². The molecule has 0 bridgehead atoms. The highest BCUT2D eigenvalue weighted by Gasteiger charge is 2.24. The molecule has 1 fully saturated rings. The van der Waals surface area contributed by atoms with Crippen LogP contribution in [0.15, 0.2) is 42.6 Å². The Kier molecular flexibility index (Phi) is 9.89. The number of carbonyl (C=O) groups is 2. The molecule has 2 aromatic heterocycles. The zero-order chi connectivity index (χ0) is 31.5. The minimum Gasteiger partial charge on any atom is -0.481 e. The number of benzene rings is 2. The fourth-order valence-corrected chi connectivity index (χ4v) is 5.88. The van der Waals surface area contributed by atoms with Crippen molar-refractivity contribution in [1.82, 2.24) is 24.8 Å². The number of aliphatic hydroxyl groups is 1. The highest BCUT2D eigenvalue weighted by Crippen LogP contribution is 2.41. The lowest BCUT2D eigenvalue weighted by atomic mass is 9.93. The standard InChI is InChI=1S/C27H27ClN6O3S.C4H10O/c1-16-14-21-24(23(19(16)15-22(35)36)17-4-6-18(28)7-5-17)38-25(30-21)20-8-9-29-26(31-20)33-10-12-34(13-11-33)27(37)32(2)3;1-4(2,3)5/h4-9,14H,10-13,15H2,1-3H3,(H,35,36);5H,1-3H3. The summed E-state index contributed by atoms with van der Waals surface area (Å²) in [6.07, 6.45) is 1.63. The smallest absolute Gasteiger partial charge is 0.319 e. The van der Waals surface area contributed by atoms with Crippen molar-refractivity contribution >= 4 is 51.1 Å². The Morgan fingerprint density at radius 1 is 1.05 bits per heavy atom. The highest BCUT2D eigenvalue weighted by molar-refractivity contribution is 7.22. The number of aryl methyl sites for hydroxylation is 1. The van der Waals surface area contributed by atoms with Gasteiger partial charge in [0.25, 0.3) is 0 Å². The van der Waals surface area contributed by atoms with E-state index in [-0.39, 0.29) is 12.5 Å². The fraction of sp³-hybridized carbons (Fsp3) is 0.387. The van der Waals surface area contributed by atoms with E-state index in [1.807, 2.05) is 36.1 Å². The number of aromatic nitrogens is 3. The number of amides is 2. The molecule has 2 amide bonds. The number of halogens is 1. The van der Waals surface area contributed by atoms with Crippen molar-refractivity contribution in [3.63, 3.8) is 0 Å². The first-order valence-corrected chi connectivity index (χ1v) is 15.1. The summed E-state index contributed by atoms with van der Waals surface area (Å²) < 4.78 is 0.903. The maximum absolute atomic E-state index is 12.3. The molecule has 3 heterocycles. The van der Waals surface area contributed by atoms with Crippen LogP contribution in [0.25, 0.3) is 32.0 Å². The maximum atomic E-state index is 12.3. The third-order valence-electron chi connectivity index (χ3n) is 6.55. The maximum Gasteiger partial charge on any atom is 0.319 e. The molecule has 1 saturated heterocycles. The molecule has 1 aliphatic rings. The highest BCUT2D eigenvalue weighted by atomic mass is 35.5. The summed E-state index contributed by atoms with van der Waals surface area (Å²) in [5.41, 5.74) is 4.37. The van der Waals surface area contributed by atoms with E-state index in [4.69, 9.17) is 26.7 Å². The van der Waals surface area contributed by atoms with Crippen LogP contribution in [-0.4, -0.2) is 92.8 Å². The Balaban J connectivity index is 0.000000782. The molecule has 0 aliphatic carbocycles. The van der Waals surface area contributed by atoms with Crippen molar-refractivity contribution in [3.05, 3.63) is 58.7 Å². The summed E-state index contributed by atoms with van der Waals surface area (Å²) in [5, 5.41) is 19.5. The molecular formula is C31H37ClN6O4S. The Labute approximate surface area is 260 Å². The van der Waals surface area contributed by atoms with Gasteiger partial charge in [0.05, 0.1) is 22.2 Å². The van der Waals surface area contributed by atoms with Gasteiger partial charge in [0.2, 0.25) is 5.95 Å². The number of urea groups is 1. The number of carbonyl (C=O) groups excluding carboxylic acids is 1. The van der Waals surface area contributed by atoms with Gasteiger partial charge in [0.1, 0.15) is 10.7 Å². The number of rotatable bonds is 5. The Morgan fingerprint density at radius 3 is 2.26 bits per heavy atom. The number of carboxylic acids is 1. The van der Waals surface area contributed by atoms with E-state index >= 15 is 0 Å². The van der Waals surface area contributed by atoms with Crippen LogP contribution in [0.3, 0.4) is 0 Å². The molecule has 12 heteroatoms. The van der Waals surface area contributed by atoms with Crippen LogP contribution in [0.2, 0.25) is 5.02 Å². The summed E-state index contributed by atoms with van der Waals surface area (Å²) >= 11 is 7.61. The van der Waals surface area contributed by atoms with Gasteiger partial charge in [-0.15, -0.1) is 11.3 Å². The summed E-state index contributed by atoms with van der Waals surface area (Å²) in [6.45, 7) is 9.62. The van der Waals surface area contributed by atoms with Crippen LogP contribution in [0.1, 0.15) is 31.9 Å². The third-order valence-corrected chi connectivity index (χ3v) is 7.91. The largest absolute Gasteiger partial charge is 0.481 e. The van der Waals surface area contributed by atoms with Gasteiger partial charge in [-0.25, -0.2) is 19.7 Å². The molecule has 10 nitrogen and oxygen atoms in total. The summed E-state index contributed by atoms with van der Waals surface area (Å²) in [6, 6.07) is 11.2. The van der Waals surface area contributed by atoms with Gasteiger partial charge in [0, 0.05) is 57.1 Å². The van der Waals surface area contributed by atoms with Gasteiger partial charge in [-0.3, -0.25) is 4.79 Å². The van der Waals surface area contributed by atoms with Crippen molar-refractivity contribution in [2.75, 3.05) is 45.2 Å². The predicted molar refractivity (Wildman–Crippen MR) is 172 cm³/mol. The number of hydrogen-bond donors (Lipinski definition) is 2. The number of piperazine rings is 1. The van der Waals surface area contributed by atoms with E-state index in [1.165, 1.54) is 11.3 Å². The first-order chi connectivity index (χ1) is 20.2. The van der Waals surface area contributed by atoms with Crippen molar-refractivity contribution in [3.8, 4) is 21.8 Å². The SMILES string of the molecule is CC(C)(C)O.Cc1cc2nc(-c3ccnc(N4CCN(C(=O)N(C)C)CC4)n3)sc2c(-c2ccc(Cl)cc2)c1CC(=O)O. The van der Waals surface area contributed by atoms with Gasteiger partial charge in [-0.1, -0.05) is 23.7 Å². The van der Waals surface area contributed by atoms with E-state index in [0.29, 0.717) is 42.8 Å². The minimum atomic E-state index is -0.889. The lowest BCUT2D eigenvalue weighted by molar-refractivity contribution is -0.136. The van der Waals surface area contributed by atoms with Crippen LogP contribution < -0.4 is 4.90 Å². The molecular weight excluding hydrogens is 588 g/mol. The van der Waals surface area contributed by atoms with Gasteiger partial charge in [-0.05, 0) is 68.7 Å². The van der Waals surface area contributed by atoms with Crippen molar-refractivity contribution in [1.29, 1.82) is 0 Å². The minimum absolute atomic E-state index is 0.00264. The Hall–Kier alpha value is -3.80. The monoisotopic (exact) mass is 624 g/mol. The number of carboxylic acid groups (broad SMARTS) is 1. The molecule has 0 radical (unpaired) electrons. The van der Waals surface area contributed by atoms with Crippen LogP contribution in [0.5, 0.6) is 0 Å². The summed E-state index contributed by atoms with van der Waals surface area (Å²) in [5.74, 6) is -0.292. The number of fused-ring (bicyclic) bond motifs is 1. The van der Waals surface area contributed by atoms with E-state index in [0.717, 1.165) is 37.5 Å². The lowest BCUT2D eigenvalue weighted by Crippen LogP contribution is -2.51. The van der Waals surface area contributed by atoms with Crippen molar-refractivity contribution < 1.29 is 19.8 Å². The Bertz CT molecular complexity index is 1600. The van der Waals surface area contributed by atoms with Gasteiger partial charge in [-0.2, -0.15) is 0 Å². The number of thiazole rings is 1. The zero-order valence-electron chi connectivity index (χ0n) is 25.3. The molecule has 0 unspecified atom stereocenters. The normalized spacial score (nSPS) is 13.5. The second-order valence-corrected chi connectivity index (χ2v) is 13.0. The van der Waals surface area contributed by atoms with Gasteiger partial charge < -0.3 is 24.9 Å².